The number of hydrogen-bond donors (Lipinski definition) is 1. The Hall–Kier alpha value is -2.41. The standard InChI is InChI=1S/C16H18N2O4S/c1-12-8-9-15(16(20)18(12)10-13(2)19)17-23(21,22)11-14-6-4-3-5-7-14/h3-9,17H,10-11H2,1-2H3. The van der Waals surface area contributed by atoms with Crippen molar-refractivity contribution in [3.05, 3.63) is 64.1 Å². The molecule has 122 valence electrons. The zero-order valence-corrected chi connectivity index (χ0v) is 13.8. The first-order valence-corrected chi connectivity index (χ1v) is 8.68. The highest BCUT2D eigenvalue weighted by Crippen LogP contribution is 2.10. The number of anilines is 1. The van der Waals surface area contributed by atoms with Crippen molar-refractivity contribution in [3.8, 4) is 0 Å². The molecule has 2 aromatic rings. The lowest BCUT2D eigenvalue weighted by atomic mass is 10.2. The Bertz CT molecular complexity index is 871. The normalized spacial score (nSPS) is 11.2. The molecule has 0 aliphatic carbocycles. The van der Waals surface area contributed by atoms with Gasteiger partial charge in [-0.25, -0.2) is 8.42 Å². The Morgan fingerprint density at radius 3 is 2.39 bits per heavy atom. The first-order valence-electron chi connectivity index (χ1n) is 7.03. The number of hydrogen-bond acceptors (Lipinski definition) is 4. The molecule has 23 heavy (non-hydrogen) atoms. The smallest absolute Gasteiger partial charge is 0.275 e. The number of carbonyl (C=O) groups excluding carboxylic acids is 1. The second-order valence-electron chi connectivity index (χ2n) is 5.33. The molecule has 0 spiro atoms. The summed E-state index contributed by atoms with van der Waals surface area (Å²) in [6, 6.07) is 11.7. The summed E-state index contributed by atoms with van der Waals surface area (Å²) in [4.78, 5) is 23.6. The SMILES string of the molecule is CC(=O)Cn1c(C)ccc(NS(=O)(=O)Cc2ccccc2)c1=O. The number of benzene rings is 1. The number of nitrogens with one attached hydrogen (secondary N) is 1. The van der Waals surface area contributed by atoms with Gasteiger partial charge in [0.25, 0.3) is 5.56 Å². The van der Waals surface area contributed by atoms with Crippen LogP contribution in [0.4, 0.5) is 5.69 Å². The van der Waals surface area contributed by atoms with Gasteiger partial charge in [-0.3, -0.25) is 14.3 Å². The molecular weight excluding hydrogens is 316 g/mol. The van der Waals surface area contributed by atoms with E-state index in [1.807, 2.05) is 0 Å². The van der Waals surface area contributed by atoms with E-state index in [0.29, 0.717) is 11.3 Å². The molecule has 0 aliphatic heterocycles. The molecule has 0 saturated carbocycles. The van der Waals surface area contributed by atoms with Crippen LogP contribution in [0.25, 0.3) is 0 Å². The van der Waals surface area contributed by atoms with Gasteiger partial charge >= 0.3 is 0 Å². The van der Waals surface area contributed by atoms with Crippen LogP contribution in [0, 0.1) is 6.92 Å². The summed E-state index contributed by atoms with van der Waals surface area (Å²) >= 11 is 0. The minimum absolute atomic E-state index is 0.0622. The number of rotatable bonds is 6. The summed E-state index contributed by atoms with van der Waals surface area (Å²) in [7, 11) is -3.72. The summed E-state index contributed by atoms with van der Waals surface area (Å²) < 4.78 is 28.0. The summed E-state index contributed by atoms with van der Waals surface area (Å²) in [5.41, 5.74) is 0.622. The minimum Gasteiger partial charge on any atom is -0.304 e. The van der Waals surface area contributed by atoms with E-state index in [2.05, 4.69) is 4.72 Å². The van der Waals surface area contributed by atoms with Crippen LogP contribution in [0.5, 0.6) is 0 Å². The van der Waals surface area contributed by atoms with E-state index in [1.54, 1.807) is 43.3 Å². The summed E-state index contributed by atoms with van der Waals surface area (Å²) in [6.07, 6.45) is 0. The molecule has 2 rings (SSSR count). The van der Waals surface area contributed by atoms with E-state index in [0.717, 1.165) is 0 Å². The third kappa shape index (κ3) is 4.53. The van der Waals surface area contributed by atoms with Gasteiger partial charge in [-0.05, 0) is 31.5 Å². The van der Waals surface area contributed by atoms with Gasteiger partial charge in [0.1, 0.15) is 11.5 Å². The van der Waals surface area contributed by atoms with Crippen LogP contribution < -0.4 is 10.3 Å². The molecule has 0 unspecified atom stereocenters. The van der Waals surface area contributed by atoms with Crippen LogP contribution in [0.2, 0.25) is 0 Å². The Labute approximate surface area is 134 Å². The van der Waals surface area contributed by atoms with Crippen molar-refractivity contribution in [2.75, 3.05) is 4.72 Å². The highest BCUT2D eigenvalue weighted by atomic mass is 32.2. The van der Waals surface area contributed by atoms with E-state index in [-0.39, 0.29) is 23.8 Å². The summed E-state index contributed by atoms with van der Waals surface area (Å²) in [5.74, 6) is -0.409. The second-order valence-corrected chi connectivity index (χ2v) is 7.05. The van der Waals surface area contributed by atoms with Gasteiger partial charge in [-0.2, -0.15) is 0 Å². The molecule has 1 aromatic heterocycles. The number of aromatic nitrogens is 1. The highest BCUT2D eigenvalue weighted by Gasteiger charge is 2.15. The topological polar surface area (TPSA) is 85.2 Å². The van der Waals surface area contributed by atoms with Crippen LogP contribution in [0.3, 0.4) is 0 Å². The van der Waals surface area contributed by atoms with E-state index >= 15 is 0 Å². The minimum atomic E-state index is -3.72. The first-order chi connectivity index (χ1) is 10.8. The maximum Gasteiger partial charge on any atom is 0.275 e. The second kappa shape index (κ2) is 6.78. The lowest BCUT2D eigenvalue weighted by molar-refractivity contribution is -0.117. The number of sulfonamides is 1. The molecule has 7 heteroatoms. The van der Waals surface area contributed by atoms with Gasteiger partial charge in [-0.15, -0.1) is 0 Å². The third-order valence-corrected chi connectivity index (χ3v) is 4.48. The van der Waals surface area contributed by atoms with E-state index in [4.69, 9.17) is 0 Å². The fourth-order valence-electron chi connectivity index (χ4n) is 2.16. The Balaban J connectivity index is 2.29. The van der Waals surface area contributed by atoms with Crippen molar-refractivity contribution >= 4 is 21.5 Å². The fraction of sp³-hybridized carbons (Fsp3) is 0.250. The van der Waals surface area contributed by atoms with Crippen molar-refractivity contribution in [1.29, 1.82) is 0 Å². The van der Waals surface area contributed by atoms with Crippen molar-refractivity contribution in [2.24, 2.45) is 0 Å². The summed E-state index contributed by atoms with van der Waals surface area (Å²) in [5, 5.41) is 0. The predicted molar refractivity (Wildman–Crippen MR) is 88.8 cm³/mol. The monoisotopic (exact) mass is 334 g/mol. The zero-order chi connectivity index (χ0) is 17.0. The predicted octanol–water partition coefficient (Wildman–Crippen LogP) is 1.69. The summed E-state index contributed by atoms with van der Waals surface area (Å²) in [6.45, 7) is 2.98. The van der Waals surface area contributed by atoms with Crippen molar-refractivity contribution < 1.29 is 13.2 Å². The zero-order valence-electron chi connectivity index (χ0n) is 12.9. The number of carbonyl (C=O) groups is 1. The van der Waals surface area contributed by atoms with Crippen LogP contribution in [-0.4, -0.2) is 18.8 Å². The molecule has 0 fully saturated rings. The van der Waals surface area contributed by atoms with Gasteiger partial charge in [-0.1, -0.05) is 30.3 Å². The number of aryl methyl sites for hydroxylation is 1. The number of nitrogens with zero attached hydrogens (tertiary/aromatic N) is 1. The van der Waals surface area contributed by atoms with Gasteiger partial charge in [0.15, 0.2) is 0 Å². The molecule has 6 nitrogen and oxygen atoms in total. The van der Waals surface area contributed by atoms with E-state index in [9.17, 15) is 18.0 Å². The van der Waals surface area contributed by atoms with Gasteiger partial charge in [0.05, 0.1) is 12.3 Å². The maximum absolute atomic E-state index is 12.3. The van der Waals surface area contributed by atoms with Gasteiger partial charge < -0.3 is 4.57 Å². The molecule has 1 aromatic carbocycles. The van der Waals surface area contributed by atoms with E-state index in [1.165, 1.54) is 17.6 Å². The van der Waals surface area contributed by atoms with Crippen molar-refractivity contribution in [2.45, 2.75) is 26.1 Å². The molecule has 1 N–H and O–H groups in total. The maximum atomic E-state index is 12.3. The molecular formula is C16H18N2O4S. The van der Waals surface area contributed by atoms with Gasteiger partial charge in [0.2, 0.25) is 10.0 Å². The van der Waals surface area contributed by atoms with Crippen molar-refractivity contribution in [1.82, 2.24) is 4.57 Å². The Morgan fingerprint density at radius 2 is 1.78 bits per heavy atom. The lowest BCUT2D eigenvalue weighted by Gasteiger charge is -2.12. The number of ketones is 1. The quantitative estimate of drug-likeness (QED) is 0.871. The molecule has 1 heterocycles. The van der Waals surface area contributed by atoms with Crippen LogP contribution in [-0.2, 0) is 27.1 Å². The Morgan fingerprint density at radius 1 is 1.13 bits per heavy atom. The number of Topliss-reactive ketones (excluding diaryl/α,β-unsaturated/α-hetero) is 1. The molecule has 0 radical (unpaired) electrons. The van der Waals surface area contributed by atoms with E-state index < -0.39 is 15.6 Å². The molecule has 0 bridgehead atoms. The molecule has 0 aliphatic rings. The fourth-order valence-corrected chi connectivity index (χ4v) is 3.36. The average molecular weight is 334 g/mol. The molecule has 0 amide bonds. The first kappa shape index (κ1) is 17.0. The highest BCUT2D eigenvalue weighted by molar-refractivity contribution is 7.91. The Kier molecular flexibility index (Phi) is 5.00. The van der Waals surface area contributed by atoms with Crippen LogP contribution in [0.15, 0.2) is 47.3 Å². The molecule has 0 saturated heterocycles. The molecule has 0 atom stereocenters. The lowest BCUT2D eigenvalue weighted by Crippen LogP contribution is -2.29. The third-order valence-electron chi connectivity index (χ3n) is 3.24. The van der Waals surface area contributed by atoms with Crippen LogP contribution >= 0.6 is 0 Å². The van der Waals surface area contributed by atoms with Crippen LogP contribution in [0.1, 0.15) is 18.2 Å². The average Bonchev–Trinajstić information content (AvgIpc) is 2.47. The number of pyridine rings is 1. The van der Waals surface area contributed by atoms with Crippen molar-refractivity contribution in [3.63, 3.8) is 0 Å². The largest absolute Gasteiger partial charge is 0.304 e. The van der Waals surface area contributed by atoms with Gasteiger partial charge in [0, 0.05) is 5.69 Å².